The van der Waals surface area contributed by atoms with Crippen molar-refractivity contribution in [2.24, 2.45) is 0 Å². The number of benzene rings is 2. The zero-order chi connectivity index (χ0) is 24.1. The number of halogens is 1. The van der Waals surface area contributed by atoms with Crippen LogP contribution in [-0.2, 0) is 14.4 Å². The summed E-state index contributed by atoms with van der Waals surface area (Å²) in [4.78, 5) is 39.9. The van der Waals surface area contributed by atoms with Gasteiger partial charge in [0.25, 0.3) is 11.7 Å². The second-order valence-corrected chi connectivity index (χ2v) is 8.19. The molecule has 7 nitrogen and oxygen atoms in total. The molecule has 1 saturated heterocycles. The molecule has 1 fully saturated rings. The minimum atomic E-state index is -0.879. The maximum Gasteiger partial charge on any atom is 0.303 e. The number of carboxylic acids is 1. The number of nitrogens with zero attached hydrogens (tertiary/aromatic N) is 2. The van der Waals surface area contributed by atoms with Crippen LogP contribution in [0, 0.1) is 5.82 Å². The number of ketones is 1. The zero-order valence-corrected chi connectivity index (χ0v) is 18.6. The van der Waals surface area contributed by atoms with Gasteiger partial charge in [-0.25, -0.2) is 4.39 Å². The highest BCUT2D eigenvalue weighted by molar-refractivity contribution is 6.46. The van der Waals surface area contributed by atoms with E-state index in [-0.39, 0.29) is 29.9 Å². The topological polar surface area (TPSA) is 98.2 Å². The Hall–Kier alpha value is -3.68. The molecule has 1 aliphatic heterocycles. The quantitative estimate of drug-likeness (QED) is 0.258. The van der Waals surface area contributed by atoms with E-state index in [9.17, 15) is 23.9 Å². The summed E-state index contributed by atoms with van der Waals surface area (Å²) in [5.41, 5.74) is 1.79. The molecular formula is C25H27FN2O5. The van der Waals surface area contributed by atoms with Gasteiger partial charge in [0.2, 0.25) is 0 Å². The van der Waals surface area contributed by atoms with E-state index in [0.29, 0.717) is 24.8 Å². The summed E-state index contributed by atoms with van der Waals surface area (Å²) in [5, 5.41) is 19.8. The van der Waals surface area contributed by atoms with Crippen molar-refractivity contribution in [1.82, 2.24) is 4.90 Å². The summed E-state index contributed by atoms with van der Waals surface area (Å²) < 4.78 is 13.4. The van der Waals surface area contributed by atoms with E-state index < -0.39 is 29.5 Å². The Kier molecular flexibility index (Phi) is 7.48. The first-order chi connectivity index (χ1) is 15.7. The molecular weight excluding hydrogens is 427 g/mol. The van der Waals surface area contributed by atoms with Gasteiger partial charge in [-0.3, -0.25) is 14.4 Å². The van der Waals surface area contributed by atoms with Crippen molar-refractivity contribution in [3.05, 3.63) is 71.0 Å². The molecule has 33 heavy (non-hydrogen) atoms. The van der Waals surface area contributed by atoms with Crippen LogP contribution in [0.2, 0.25) is 0 Å². The monoisotopic (exact) mass is 454 g/mol. The van der Waals surface area contributed by atoms with Crippen molar-refractivity contribution >= 4 is 29.1 Å². The molecule has 0 spiro atoms. The molecule has 0 saturated carbocycles. The molecule has 0 radical (unpaired) electrons. The maximum atomic E-state index is 13.4. The van der Waals surface area contributed by atoms with Crippen LogP contribution in [0.15, 0.2) is 54.1 Å². The van der Waals surface area contributed by atoms with Gasteiger partial charge in [0, 0.05) is 38.3 Å². The third-order valence-electron chi connectivity index (χ3n) is 5.67. The molecule has 1 amide bonds. The van der Waals surface area contributed by atoms with Crippen molar-refractivity contribution in [1.29, 1.82) is 0 Å². The number of aliphatic hydroxyl groups is 1. The number of hydrogen-bond acceptors (Lipinski definition) is 5. The highest BCUT2D eigenvalue weighted by atomic mass is 19.1. The summed E-state index contributed by atoms with van der Waals surface area (Å²) in [6.45, 7) is 0.241. The van der Waals surface area contributed by atoms with Crippen LogP contribution >= 0.6 is 0 Å². The van der Waals surface area contributed by atoms with E-state index in [0.717, 1.165) is 5.69 Å². The molecule has 1 aliphatic rings. The van der Waals surface area contributed by atoms with E-state index in [4.69, 9.17) is 5.11 Å². The predicted octanol–water partition coefficient (Wildman–Crippen LogP) is 3.96. The molecule has 2 aromatic carbocycles. The number of carboxylic acid groups (broad SMARTS) is 1. The van der Waals surface area contributed by atoms with Crippen molar-refractivity contribution in [2.75, 3.05) is 25.5 Å². The van der Waals surface area contributed by atoms with Crippen LogP contribution in [0.3, 0.4) is 0 Å². The average Bonchev–Trinajstić information content (AvgIpc) is 3.03. The highest BCUT2D eigenvalue weighted by Gasteiger charge is 2.45. The number of Topliss-reactive ketones (excluding diaryl/α,β-unsaturated/α-hetero) is 1. The first-order valence-electron chi connectivity index (χ1n) is 10.7. The number of likely N-dealkylation sites (tertiary alicyclic amines) is 1. The molecule has 1 atom stereocenters. The summed E-state index contributed by atoms with van der Waals surface area (Å²) >= 11 is 0. The van der Waals surface area contributed by atoms with Crippen LogP contribution in [0.5, 0.6) is 0 Å². The third kappa shape index (κ3) is 5.39. The van der Waals surface area contributed by atoms with Crippen LogP contribution in [0.4, 0.5) is 10.1 Å². The first kappa shape index (κ1) is 24.0. The smallest absolute Gasteiger partial charge is 0.303 e. The lowest BCUT2D eigenvalue weighted by Gasteiger charge is -2.26. The zero-order valence-electron chi connectivity index (χ0n) is 18.6. The van der Waals surface area contributed by atoms with Crippen molar-refractivity contribution in [3.8, 4) is 0 Å². The molecule has 3 rings (SSSR count). The second-order valence-electron chi connectivity index (χ2n) is 8.19. The summed E-state index contributed by atoms with van der Waals surface area (Å²) in [5.74, 6) is -3.24. The maximum absolute atomic E-state index is 13.4. The van der Waals surface area contributed by atoms with Gasteiger partial charge in [0.05, 0.1) is 11.6 Å². The summed E-state index contributed by atoms with van der Waals surface area (Å²) in [6.07, 6.45) is 1.61. The Labute approximate surface area is 191 Å². The van der Waals surface area contributed by atoms with E-state index in [1.807, 2.05) is 31.1 Å². The first-order valence-corrected chi connectivity index (χ1v) is 10.7. The molecule has 174 valence electrons. The lowest BCUT2D eigenvalue weighted by atomic mass is 9.95. The number of anilines is 1. The lowest BCUT2D eigenvalue weighted by molar-refractivity contribution is -0.140. The normalized spacial score (nSPS) is 17.4. The van der Waals surface area contributed by atoms with E-state index in [1.54, 1.807) is 12.1 Å². The number of hydrogen-bond donors (Lipinski definition) is 2. The van der Waals surface area contributed by atoms with Crippen LogP contribution in [0.1, 0.15) is 42.9 Å². The molecule has 8 heteroatoms. The fourth-order valence-electron chi connectivity index (χ4n) is 3.91. The number of rotatable bonds is 9. The molecule has 0 aromatic heterocycles. The minimum absolute atomic E-state index is 0.0405. The minimum Gasteiger partial charge on any atom is -0.507 e. The number of amides is 1. The average molecular weight is 454 g/mol. The fourth-order valence-corrected chi connectivity index (χ4v) is 3.91. The van der Waals surface area contributed by atoms with Crippen molar-refractivity contribution < 1.29 is 29.0 Å². The number of unbranched alkanes of at least 4 members (excludes halogenated alkanes) is 2. The van der Waals surface area contributed by atoms with Crippen LogP contribution in [0.25, 0.3) is 5.76 Å². The second kappa shape index (κ2) is 10.3. The Balaban J connectivity index is 1.98. The van der Waals surface area contributed by atoms with Gasteiger partial charge in [-0.2, -0.15) is 0 Å². The summed E-state index contributed by atoms with van der Waals surface area (Å²) in [6, 6.07) is 11.6. The van der Waals surface area contributed by atoms with Gasteiger partial charge in [0.15, 0.2) is 0 Å². The SMILES string of the molecule is CN(C)c1ccc(C2/C(=C(\O)c3ccc(F)cc3)C(=O)C(=O)N2CCCCCC(=O)O)cc1. The predicted molar refractivity (Wildman–Crippen MR) is 122 cm³/mol. The molecule has 0 bridgehead atoms. The Bertz CT molecular complexity index is 1060. The Morgan fingerprint density at radius 2 is 1.61 bits per heavy atom. The molecule has 0 aliphatic carbocycles. The van der Waals surface area contributed by atoms with Crippen LogP contribution < -0.4 is 4.90 Å². The van der Waals surface area contributed by atoms with Gasteiger partial charge in [0.1, 0.15) is 11.6 Å². The number of aliphatic hydroxyl groups excluding tert-OH is 1. The Morgan fingerprint density at radius 3 is 2.18 bits per heavy atom. The van der Waals surface area contributed by atoms with Gasteiger partial charge < -0.3 is 20.0 Å². The van der Waals surface area contributed by atoms with Gasteiger partial charge >= 0.3 is 5.97 Å². The number of aliphatic carboxylic acids is 1. The summed E-state index contributed by atoms with van der Waals surface area (Å²) in [7, 11) is 3.79. The molecule has 2 N–H and O–H groups in total. The molecule has 1 unspecified atom stereocenters. The molecule has 1 heterocycles. The largest absolute Gasteiger partial charge is 0.507 e. The van der Waals surface area contributed by atoms with Crippen LogP contribution in [-0.4, -0.2) is 53.4 Å². The van der Waals surface area contributed by atoms with E-state index >= 15 is 0 Å². The number of carbonyl (C=O) groups is 3. The van der Waals surface area contributed by atoms with Crippen molar-refractivity contribution in [3.63, 3.8) is 0 Å². The fraction of sp³-hybridized carbons (Fsp3) is 0.320. The van der Waals surface area contributed by atoms with E-state index in [2.05, 4.69) is 0 Å². The highest BCUT2D eigenvalue weighted by Crippen LogP contribution is 2.40. The lowest BCUT2D eigenvalue weighted by Crippen LogP contribution is -2.30. The van der Waals surface area contributed by atoms with Gasteiger partial charge in [-0.1, -0.05) is 18.6 Å². The van der Waals surface area contributed by atoms with Crippen molar-refractivity contribution in [2.45, 2.75) is 31.7 Å². The standard InChI is InChI=1S/C25H27FN2O5/c1-27(2)19-13-9-16(10-14-19)22-21(23(31)17-7-11-18(26)12-8-17)24(32)25(33)28(22)15-5-3-4-6-20(29)30/h7-14,22,31H,3-6,15H2,1-2H3,(H,29,30)/b23-21+. The number of carbonyl (C=O) groups excluding carboxylic acids is 2. The van der Waals surface area contributed by atoms with Gasteiger partial charge in [-0.15, -0.1) is 0 Å². The third-order valence-corrected chi connectivity index (χ3v) is 5.67. The van der Waals surface area contributed by atoms with E-state index in [1.165, 1.54) is 29.2 Å². The van der Waals surface area contributed by atoms with Gasteiger partial charge in [-0.05, 0) is 54.8 Å². The Morgan fingerprint density at radius 1 is 0.970 bits per heavy atom. The molecule has 2 aromatic rings.